The highest BCUT2D eigenvalue weighted by Gasteiger charge is 2.39. The average molecular weight is 625 g/mol. The molecule has 0 bridgehead atoms. The van der Waals surface area contributed by atoms with E-state index in [1.807, 2.05) is 59.8 Å². The van der Waals surface area contributed by atoms with Crippen LogP contribution in [0.3, 0.4) is 0 Å². The molecule has 0 aromatic rings. The maximum Gasteiger partial charge on any atom is 0.373 e. The van der Waals surface area contributed by atoms with Gasteiger partial charge in [0.1, 0.15) is 12.2 Å². The van der Waals surface area contributed by atoms with Gasteiger partial charge in [-0.15, -0.1) is 0 Å². The van der Waals surface area contributed by atoms with Crippen LogP contribution in [0.5, 0.6) is 0 Å². The predicted octanol–water partition coefficient (Wildman–Crippen LogP) is 4.33. The van der Waals surface area contributed by atoms with E-state index in [0.29, 0.717) is 6.42 Å². The van der Waals surface area contributed by atoms with Crippen molar-refractivity contribution < 1.29 is 44.5 Å². The van der Waals surface area contributed by atoms with Crippen molar-refractivity contribution in [2.45, 2.75) is 118 Å². The fraction of sp³-hybridized carbons (Fsp3) is 0.743. The van der Waals surface area contributed by atoms with Gasteiger partial charge in [-0.05, 0) is 44.6 Å². The molecule has 0 saturated carbocycles. The van der Waals surface area contributed by atoms with Gasteiger partial charge in [0.15, 0.2) is 0 Å². The smallest absolute Gasteiger partial charge is 0.373 e. The van der Waals surface area contributed by atoms with Crippen LogP contribution in [-0.4, -0.2) is 88.4 Å². The molecule has 1 aliphatic rings. The third-order valence-electron chi connectivity index (χ3n) is 9.11. The number of carbonyl (C=O) groups excluding carboxylic acids is 1. The molecule has 44 heavy (non-hydrogen) atoms. The molecular weight excluding hydrogens is 564 g/mol. The van der Waals surface area contributed by atoms with E-state index in [1.54, 1.807) is 32.9 Å². The van der Waals surface area contributed by atoms with Crippen molar-refractivity contribution in [2.75, 3.05) is 14.2 Å². The van der Waals surface area contributed by atoms with E-state index in [-0.39, 0.29) is 29.9 Å². The second-order valence-corrected chi connectivity index (χ2v) is 13.3. The number of aliphatic hydroxyl groups excluding tert-OH is 5. The molecule has 5 N–H and O–H groups in total. The Morgan fingerprint density at radius 3 is 2.05 bits per heavy atom. The van der Waals surface area contributed by atoms with Crippen LogP contribution in [0.15, 0.2) is 47.3 Å². The summed E-state index contributed by atoms with van der Waals surface area (Å²) in [6, 6.07) is 0. The van der Waals surface area contributed by atoms with Gasteiger partial charge in [-0.1, -0.05) is 83.9 Å². The summed E-state index contributed by atoms with van der Waals surface area (Å²) in [5, 5.41) is 54.4. The van der Waals surface area contributed by atoms with Crippen LogP contribution in [0, 0.1) is 35.5 Å². The van der Waals surface area contributed by atoms with E-state index >= 15 is 0 Å². The van der Waals surface area contributed by atoms with Crippen LogP contribution in [0.1, 0.15) is 75.2 Å². The molecule has 0 aromatic heterocycles. The first kappa shape index (κ1) is 40.0. The van der Waals surface area contributed by atoms with Gasteiger partial charge in [0.2, 0.25) is 5.76 Å². The fourth-order valence-corrected chi connectivity index (χ4v) is 5.90. The van der Waals surface area contributed by atoms with E-state index in [1.165, 1.54) is 14.2 Å². The predicted molar refractivity (Wildman–Crippen MR) is 172 cm³/mol. The average Bonchev–Trinajstić information content (AvgIpc) is 2.97. The second kappa shape index (κ2) is 18.8. The van der Waals surface area contributed by atoms with Gasteiger partial charge >= 0.3 is 5.97 Å². The molecule has 1 rings (SSSR count). The molecule has 0 spiro atoms. The lowest BCUT2D eigenvalue weighted by molar-refractivity contribution is -0.163. The highest BCUT2D eigenvalue weighted by atomic mass is 16.6. The molecule has 0 amide bonds. The van der Waals surface area contributed by atoms with Gasteiger partial charge in [0, 0.05) is 30.8 Å². The Labute approximate surface area is 265 Å². The molecule has 0 saturated heterocycles. The van der Waals surface area contributed by atoms with Gasteiger partial charge in [-0.2, -0.15) is 0 Å². The quantitative estimate of drug-likeness (QED) is 0.212. The summed E-state index contributed by atoms with van der Waals surface area (Å²) in [6.07, 6.45) is 3.32. The molecule has 1 aliphatic heterocycles. The lowest BCUT2D eigenvalue weighted by Crippen LogP contribution is -2.47. The SMILES string of the molecule is CO/C1=C\C(C)=C\[C@@H](C)[C@@H](O)[C@@H](C)C/C(C)=C/C=C/[C@H](OC)[C@@H]([C@@H](C)[C@@H](O)[C@H](C)C(O)CC(O)C(C)C(O)C(C)C)OC1=O. The van der Waals surface area contributed by atoms with Crippen molar-refractivity contribution in [3.8, 4) is 0 Å². The Balaban J connectivity index is 3.42. The topological polar surface area (TPSA) is 146 Å². The highest BCUT2D eigenvalue weighted by molar-refractivity contribution is 5.87. The minimum atomic E-state index is -1.14. The highest BCUT2D eigenvalue weighted by Crippen LogP contribution is 2.29. The number of esters is 1. The van der Waals surface area contributed by atoms with Gasteiger partial charge in [0.05, 0.1) is 37.6 Å². The molecule has 0 aliphatic carbocycles. The summed E-state index contributed by atoms with van der Waals surface area (Å²) in [5.41, 5.74) is 1.77. The minimum absolute atomic E-state index is 0.00774. The first-order valence-electron chi connectivity index (χ1n) is 15.9. The van der Waals surface area contributed by atoms with E-state index in [2.05, 4.69) is 0 Å². The molecule has 4 unspecified atom stereocenters. The summed E-state index contributed by atoms with van der Waals surface area (Å²) < 4.78 is 17.1. The maximum atomic E-state index is 13.4. The van der Waals surface area contributed by atoms with E-state index in [4.69, 9.17) is 14.2 Å². The Hall–Kier alpha value is -2.01. The monoisotopic (exact) mass is 624 g/mol. The standard InChI is InChI=1S/C35H60O9/c1-19(2)31(38)24(7)27(36)18-28(37)25(8)33(40)26(9)34-29(42-10)14-12-13-20(3)15-22(5)32(39)23(6)16-21(4)17-30(43-11)35(41)44-34/h12-14,16-17,19,22-29,31-34,36-40H,15,18H2,1-11H3/b14-12+,20-13+,21-16+,30-17-/t22-,23+,24?,25+,26-,27?,28?,29-,31?,32-,33-,34+/m0/s1. The van der Waals surface area contributed by atoms with Gasteiger partial charge in [0.25, 0.3) is 0 Å². The number of methoxy groups -OCH3 is 2. The normalized spacial score (nSPS) is 33.6. The Bertz CT molecular complexity index is 1000. The molecule has 1 heterocycles. The molecule has 0 radical (unpaired) electrons. The summed E-state index contributed by atoms with van der Waals surface area (Å²) in [7, 11) is 2.86. The largest absolute Gasteiger partial charge is 0.490 e. The number of cyclic esters (lactones) is 1. The molecule has 12 atom stereocenters. The van der Waals surface area contributed by atoms with Crippen molar-refractivity contribution in [2.24, 2.45) is 35.5 Å². The molecule has 254 valence electrons. The number of allylic oxidation sites excluding steroid dienone is 5. The summed E-state index contributed by atoms with van der Waals surface area (Å²) in [5.74, 6) is -2.91. The van der Waals surface area contributed by atoms with E-state index in [9.17, 15) is 30.3 Å². The Morgan fingerprint density at radius 1 is 0.955 bits per heavy atom. The molecule has 0 aromatic carbocycles. The van der Waals surface area contributed by atoms with Crippen LogP contribution in [0.2, 0.25) is 0 Å². The number of ether oxygens (including phenoxy) is 3. The summed E-state index contributed by atoms with van der Waals surface area (Å²) >= 11 is 0. The fourth-order valence-electron chi connectivity index (χ4n) is 5.90. The molecule has 9 nitrogen and oxygen atoms in total. The number of rotatable bonds is 11. The van der Waals surface area contributed by atoms with Crippen LogP contribution in [0.25, 0.3) is 0 Å². The van der Waals surface area contributed by atoms with Crippen LogP contribution >= 0.6 is 0 Å². The first-order chi connectivity index (χ1) is 20.5. The zero-order chi connectivity index (χ0) is 33.9. The van der Waals surface area contributed by atoms with Crippen LogP contribution in [-0.2, 0) is 19.0 Å². The van der Waals surface area contributed by atoms with Crippen molar-refractivity contribution in [3.05, 3.63) is 47.3 Å². The molecular formula is C35H60O9. The maximum absolute atomic E-state index is 13.4. The number of aliphatic hydroxyl groups is 5. The van der Waals surface area contributed by atoms with Crippen molar-refractivity contribution in [1.29, 1.82) is 0 Å². The van der Waals surface area contributed by atoms with Crippen molar-refractivity contribution >= 4 is 5.97 Å². The Morgan fingerprint density at radius 2 is 1.52 bits per heavy atom. The van der Waals surface area contributed by atoms with E-state index < -0.39 is 66.5 Å². The third-order valence-corrected chi connectivity index (χ3v) is 9.11. The van der Waals surface area contributed by atoms with E-state index in [0.717, 1.165) is 11.1 Å². The second-order valence-electron chi connectivity index (χ2n) is 13.3. The summed E-state index contributed by atoms with van der Waals surface area (Å²) in [6.45, 7) is 16.6. The van der Waals surface area contributed by atoms with Gasteiger partial charge in [-0.3, -0.25) is 0 Å². The lowest BCUT2D eigenvalue weighted by atomic mass is 9.81. The molecule has 0 fully saturated rings. The van der Waals surface area contributed by atoms with Crippen LogP contribution < -0.4 is 0 Å². The number of hydrogen-bond acceptors (Lipinski definition) is 9. The van der Waals surface area contributed by atoms with Gasteiger partial charge in [-0.25, -0.2) is 4.79 Å². The number of carbonyl (C=O) groups is 1. The van der Waals surface area contributed by atoms with Crippen LogP contribution in [0.4, 0.5) is 0 Å². The summed E-state index contributed by atoms with van der Waals surface area (Å²) in [4.78, 5) is 13.4. The number of hydrogen-bond donors (Lipinski definition) is 5. The first-order valence-corrected chi connectivity index (χ1v) is 15.9. The lowest BCUT2D eigenvalue weighted by Gasteiger charge is -2.36. The molecule has 9 heteroatoms. The van der Waals surface area contributed by atoms with Crippen molar-refractivity contribution in [3.63, 3.8) is 0 Å². The minimum Gasteiger partial charge on any atom is -0.490 e. The zero-order valence-corrected chi connectivity index (χ0v) is 28.7. The Kier molecular flexibility index (Phi) is 17.1. The van der Waals surface area contributed by atoms with Gasteiger partial charge < -0.3 is 39.7 Å². The third kappa shape index (κ3) is 11.7. The van der Waals surface area contributed by atoms with Crippen molar-refractivity contribution in [1.82, 2.24) is 0 Å². The zero-order valence-electron chi connectivity index (χ0n) is 28.7.